The molecule has 0 bridgehead atoms. The molecular formula is C7H13N3. The lowest BCUT2D eigenvalue weighted by Gasteiger charge is -2.24. The van der Waals surface area contributed by atoms with E-state index in [1.165, 1.54) is 0 Å². The summed E-state index contributed by atoms with van der Waals surface area (Å²) in [6.45, 7) is 4.72. The molecule has 0 aliphatic carbocycles. The van der Waals surface area contributed by atoms with Gasteiger partial charge in [-0.05, 0) is 0 Å². The first-order valence-electron chi connectivity index (χ1n) is 3.25. The van der Waals surface area contributed by atoms with Crippen LogP contribution < -0.4 is 5.32 Å². The van der Waals surface area contributed by atoms with Gasteiger partial charge in [0.2, 0.25) is 0 Å². The summed E-state index contributed by atoms with van der Waals surface area (Å²) >= 11 is 0. The molecule has 0 atom stereocenters. The largest absolute Gasteiger partial charge is 0.372 e. The maximum absolute atomic E-state index is 3.90. The quantitative estimate of drug-likeness (QED) is 0.522. The van der Waals surface area contributed by atoms with Crippen LogP contribution in [0.3, 0.4) is 0 Å². The fraction of sp³-hybridized carbons (Fsp3) is 0.429. The van der Waals surface area contributed by atoms with Gasteiger partial charge in [0, 0.05) is 26.5 Å². The summed E-state index contributed by atoms with van der Waals surface area (Å²) in [5, 5.41) is 3.10. The Morgan fingerprint density at radius 1 is 1.60 bits per heavy atom. The maximum atomic E-state index is 3.90. The Hall–Kier alpha value is -1.12. The fourth-order valence-corrected chi connectivity index (χ4v) is 0.801. The van der Waals surface area contributed by atoms with Crippen LogP contribution in [0.2, 0.25) is 0 Å². The molecule has 56 valence electrons. The Balaban J connectivity index is 2.67. The van der Waals surface area contributed by atoms with Crippen LogP contribution in [0, 0.1) is 0 Å². The van der Waals surface area contributed by atoms with Crippen molar-refractivity contribution >= 4 is 0 Å². The van der Waals surface area contributed by atoms with Crippen LogP contribution in [-0.4, -0.2) is 30.6 Å². The number of nitrogens with zero attached hydrogens (tertiary/aromatic N) is 2. The summed E-state index contributed by atoms with van der Waals surface area (Å²) in [4.78, 5) is 4.01. The third-order valence-corrected chi connectivity index (χ3v) is 1.59. The topological polar surface area (TPSA) is 18.5 Å². The van der Waals surface area contributed by atoms with Gasteiger partial charge >= 0.3 is 0 Å². The van der Waals surface area contributed by atoms with Crippen molar-refractivity contribution in [3.05, 3.63) is 24.8 Å². The molecule has 1 aliphatic rings. The van der Waals surface area contributed by atoms with E-state index in [9.17, 15) is 0 Å². The summed E-state index contributed by atoms with van der Waals surface area (Å²) < 4.78 is 0. The van der Waals surface area contributed by atoms with E-state index in [1.54, 1.807) is 0 Å². The number of rotatable bonds is 0. The van der Waals surface area contributed by atoms with Crippen LogP contribution in [0.15, 0.2) is 24.8 Å². The van der Waals surface area contributed by atoms with E-state index >= 15 is 0 Å². The van der Waals surface area contributed by atoms with E-state index < -0.39 is 0 Å². The molecule has 0 aromatic heterocycles. The van der Waals surface area contributed by atoms with Gasteiger partial charge in [0.05, 0.1) is 6.67 Å². The monoisotopic (exact) mass is 139 g/mol. The molecule has 0 spiro atoms. The molecule has 0 radical (unpaired) electrons. The molecule has 0 aromatic rings. The van der Waals surface area contributed by atoms with Crippen molar-refractivity contribution in [2.45, 2.75) is 0 Å². The lowest BCUT2D eigenvalue weighted by Crippen LogP contribution is -2.29. The van der Waals surface area contributed by atoms with Gasteiger partial charge in [-0.15, -0.1) is 0 Å². The van der Waals surface area contributed by atoms with Crippen LogP contribution in [0.25, 0.3) is 0 Å². The Morgan fingerprint density at radius 2 is 2.30 bits per heavy atom. The highest BCUT2D eigenvalue weighted by Crippen LogP contribution is 2.04. The predicted molar refractivity (Wildman–Crippen MR) is 41.8 cm³/mol. The van der Waals surface area contributed by atoms with E-state index in [2.05, 4.69) is 11.9 Å². The summed E-state index contributed by atoms with van der Waals surface area (Å²) in [6, 6.07) is 0. The van der Waals surface area contributed by atoms with Crippen LogP contribution in [0.5, 0.6) is 0 Å². The average molecular weight is 139 g/mol. The smallest absolute Gasteiger partial charge is 0.101 e. The third-order valence-electron chi connectivity index (χ3n) is 1.59. The lowest BCUT2D eigenvalue weighted by atomic mass is 10.6. The summed E-state index contributed by atoms with van der Waals surface area (Å²) in [5.41, 5.74) is 0. The van der Waals surface area contributed by atoms with Crippen LogP contribution in [0.1, 0.15) is 0 Å². The van der Waals surface area contributed by atoms with Crippen molar-refractivity contribution in [3.8, 4) is 0 Å². The van der Waals surface area contributed by atoms with Crippen molar-refractivity contribution < 1.29 is 0 Å². The van der Waals surface area contributed by atoms with E-state index in [0.717, 1.165) is 12.5 Å². The zero-order valence-electron chi connectivity index (χ0n) is 6.46. The Bertz CT molecular complexity index is 162. The standard InChI is InChI=1S/C7H13N3/c1-7-9(2)5-4-8-6-10(7)3/h4-5,8H,1,6H2,2-3H3. The lowest BCUT2D eigenvalue weighted by molar-refractivity contribution is 0.325. The zero-order chi connectivity index (χ0) is 7.56. The fourth-order valence-electron chi connectivity index (χ4n) is 0.801. The minimum absolute atomic E-state index is 0.819. The Kier molecular flexibility index (Phi) is 1.85. The maximum Gasteiger partial charge on any atom is 0.101 e. The molecule has 1 heterocycles. The minimum Gasteiger partial charge on any atom is -0.372 e. The second-order valence-electron chi connectivity index (χ2n) is 2.40. The van der Waals surface area contributed by atoms with Crippen molar-refractivity contribution in [2.24, 2.45) is 0 Å². The molecule has 0 fully saturated rings. The average Bonchev–Trinajstić information content (AvgIpc) is 2.04. The predicted octanol–water partition coefficient (Wildman–Crippen LogP) is 0.353. The third kappa shape index (κ3) is 1.23. The molecular weight excluding hydrogens is 126 g/mol. The highest BCUT2D eigenvalue weighted by molar-refractivity contribution is 4.99. The Morgan fingerprint density at radius 3 is 3.00 bits per heavy atom. The first-order valence-corrected chi connectivity index (χ1v) is 3.25. The van der Waals surface area contributed by atoms with E-state index in [-0.39, 0.29) is 0 Å². The zero-order valence-corrected chi connectivity index (χ0v) is 6.46. The van der Waals surface area contributed by atoms with Gasteiger partial charge in [-0.1, -0.05) is 6.58 Å². The Labute approximate surface area is 61.6 Å². The molecule has 0 aromatic carbocycles. The van der Waals surface area contributed by atoms with Gasteiger partial charge in [0.15, 0.2) is 0 Å². The number of hydrogen-bond donors (Lipinski definition) is 1. The molecule has 3 nitrogen and oxygen atoms in total. The van der Waals surface area contributed by atoms with Crippen molar-refractivity contribution in [3.63, 3.8) is 0 Å². The highest BCUT2D eigenvalue weighted by atomic mass is 15.3. The van der Waals surface area contributed by atoms with Crippen LogP contribution in [-0.2, 0) is 0 Å². The summed E-state index contributed by atoms with van der Waals surface area (Å²) in [6.07, 6.45) is 3.86. The van der Waals surface area contributed by atoms with Gasteiger partial charge in [0.25, 0.3) is 0 Å². The molecule has 0 amide bonds. The van der Waals surface area contributed by atoms with Gasteiger partial charge < -0.3 is 15.1 Å². The number of hydrogen-bond acceptors (Lipinski definition) is 3. The minimum atomic E-state index is 0.819. The molecule has 1 aliphatic heterocycles. The molecule has 0 saturated carbocycles. The number of nitrogens with one attached hydrogen (secondary N) is 1. The molecule has 1 N–H and O–H groups in total. The van der Waals surface area contributed by atoms with Gasteiger partial charge in [0.1, 0.15) is 5.82 Å². The van der Waals surface area contributed by atoms with Gasteiger partial charge in [-0.25, -0.2) is 0 Å². The highest BCUT2D eigenvalue weighted by Gasteiger charge is 2.05. The van der Waals surface area contributed by atoms with Crippen LogP contribution in [0.4, 0.5) is 0 Å². The molecule has 1 rings (SSSR count). The normalized spacial score (nSPS) is 18.8. The van der Waals surface area contributed by atoms with E-state index in [4.69, 9.17) is 0 Å². The van der Waals surface area contributed by atoms with Crippen molar-refractivity contribution in [1.29, 1.82) is 0 Å². The second kappa shape index (κ2) is 2.64. The summed E-state index contributed by atoms with van der Waals surface area (Å²) in [7, 11) is 3.97. The SMILES string of the molecule is C=C1N(C)C=CNCN1C. The first-order chi connectivity index (χ1) is 4.72. The van der Waals surface area contributed by atoms with Gasteiger partial charge in [-0.2, -0.15) is 0 Å². The summed E-state index contributed by atoms with van der Waals surface area (Å²) in [5.74, 6) is 1.00. The molecule has 3 heteroatoms. The second-order valence-corrected chi connectivity index (χ2v) is 2.40. The van der Waals surface area contributed by atoms with E-state index in [0.29, 0.717) is 0 Å². The van der Waals surface area contributed by atoms with E-state index in [1.807, 2.05) is 36.3 Å². The molecule has 0 unspecified atom stereocenters. The molecule has 10 heavy (non-hydrogen) atoms. The van der Waals surface area contributed by atoms with Crippen molar-refractivity contribution in [2.75, 3.05) is 20.8 Å². The molecule has 0 saturated heterocycles. The van der Waals surface area contributed by atoms with Crippen LogP contribution >= 0.6 is 0 Å². The van der Waals surface area contributed by atoms with Gasteiger partial charge in [-0.3, -0.25) is 0 Å². The first kappa shape index (κ1) is 6.99. The van der Waals surface area contributed by atoms with Crippen molar-refractivity contribution in [1.82, 2.24) is 15.1 Å².